The van der Waals surface area contributed by atoms with E-state index in [9.17, 15) is 8.42 Å². The molecule has 0 aliphatic rings. The lowest BCUT2D eigenvalue weighted by Gasteiger charge is -2.02. The zero-order valence-electron chi connectivity index (χ0n) is 7.74. The van der Waals surface area contributed by atoms with Gasteiger partial charge in [-0.05, 0) is 25.0 Å². The Kier molecular flexibility index (Phi) is 3.25. The Hall–Kier alpha value is -1.09. The molecule has 1 rings (SSSR count). The predicted octanol–water partition coefficient (Wildman–Crippen LogP) is 1.53. The lowest BCUT2D eigenvalue weighted by Crippen LogP contribution is -1.91. The van der Waals surface area contributed by atoms with Crippen molar-refractivity contribution in [1.82, 2.24) is 0 Å². The second-order valence-corrected chi connectivity index (χ2v) is 3.92. The SMILES string of the molecule is Cc1ccc(CC=S(=O)=O)c(C)c1. The first-order valence-electron chi connectivity index (χ1n) is 4.07. The third kappa shape index (κ3) is 3.03. The number of aryl methyl sites for hydroxylation is 2. The standard InChI is InChI=1S/C10H12O2S/c1-8-3-4-10(9(2)7-8)5-6-13(11)12/h3-4,6-7H,5H2,1-2H3. The highest BCUT2D eigenvalue weighted by molar-refractivity contribution is 7.71. The van der Waals surface area contributed by atoms with Crippen LogP contribution in [0.4, 0.5) is 0 Å². The molecule has 0 amide bonds. The predicted molar refractivity (Wildman–Crippen MR) is 54.6 cm³/mol. The topological polar surface area (TPSA) is 34.1 Å². The molecule has 0 saturated heterocycles. The van der Waals surface area contributed by atoms with Crippen molar-refractivity contribution in [2.24, 2.45) is 0 Å². The maximum absolute atomic E-state index is 10.3. The molecule has 0 aliphatic heterocycles. The van der Waals surface area contributed by atoms with Gasteiger partial charge in [-0.25, -0.2) is 0 Å². The van der Waals surface area contributed by atoms with E-state index in [1.54, 1.807) is 0 Å². The molecule has 0 aromatic heterocycles. The number of hydrogen-bond acceptors (Lipinski definition) is 2. The molecule has 0 heterocycles. The molecule has 0 radical (unpaired) electrons. The molecular formula is C10H12O2S. The molecule has 0 atom stereocenters. The molecule has 1 aromatic rings. The number of hydrogen-bond donors (Lipinski definition) is 0. The Bertz CT molecular complexity index is 422. The molecule has 0 spiro atoms. The van der Waals surface area contributed by atoms with Crippen LogP contribution in [0.3, 0.4) is 0 Å². The second-order valence-electron chi connectivity index (χ2n) is 3.06. The van der Waals surface area contributed by atoms with E-state index in [-0.39, 0.29) is 0 Å². The fourth-order valence-corrected chi connectivity index (χ4v) is 1.55. The largest absolute Gasteiger partial charge is 0.210 e. The molecule has 70 valence electrons. The first-order valence-corrected chi connectivity index (χ1v) is 5.21. The smallest absolute Gasteiger partial charge is 0.185 e. The third-order valence-corrected chi connectivity index (χ3v) is 2.38. The van der Waals surface area contributed by atoms with Gasteiger partial charge in [0.1, 0.15) is 0 Å². The summed E-state index contributed by atoms with van der Waals surface area (Å²) in [6, 6.07) is 6.01. The minimum atomic E-state index is -2.05. The summed E-state index contributed by atoms with van der Waals surface area (Å²) in [5.41, 5.74) is 3.40. The van der Waals surface area contributed by atoms with E-state index >= 15 is 0 Å². The minimum absolute atomic E-state index is 0.488. The Morgan fingerprint density at radius 3 is 2.54 bits per heavy atom. The van der Waals surface area contributed by atoms with Crippen LogP contribution in [0.5, 0.6) is 0 Å². The Morgan fingerprint density at radius 1 is 1.31 bits per heavy atom. The van der Waals surface area contributed by atoms with Crippen LogP contribution in [0.15, 0.2) is 18.2 Å². The molecule has 0 N–H and O–H groups in total. The highest BCUT2D eigenvalue weighted by Gasteiger charge is 1.95. The summed E-state index contributed by atoms with van der Waals surface area (Å²) in [4.78, 5) is 0. The van der Waals surface area contributed by atoms with Gasteiger partial charge in [-0.3, -0.25) is 0 Å². The van der Waals surface area contributed by atoms with Gasteiger partial charge in [0.15, 0.2) is 0 Å². The number of rotatable bonds is 2. The maximum Gasteiger partial charge on any atom is 0.210 e. The fraction of sp³-hybridized carbons (Fsp3) is 0.300. The van der Waals surface area contributed by atoms with Crippen LogP contribution in [0.2, 0.25) is 0 Å². The lowest BCUT2D eigenvalue weighted by molar-refractivity contribution is 0.627. The van der Waals surface area contributed by atoms with E-state index in [1.165, 1.54) is 10.9 Å². The highest BCUT2D eigenvalue weighted by atomic mass is 32.2. The minimum Gasteiger partial charge on any atom is -0.185 e. The lowest BCUT2D eigenvalue weighted by atomic mass is 10.0. The van der Waals surface area contributed by atoms with Crippen molar-refractivity contribution < 1.29 is 8.42 Å². The molecule has 1 aromatic carbocycles. The zero-order chi connectivity index (χ0) is 9.84. The molecule has 0 fully saturated rings. The molecule has 3 heteroatoms. The summed E-state index contributed by atoms with van der Waals surface area (Å²) >= 11 is 0. The van der Waals surface area contributed by atoms with Gasteiger partial charge in [-0.1, -0.05) is 23.8 Å². The van der Waals surface area contributed by atoms with Gasteiger partial charge in [0, 0.05) is 11.8 Å². The van der Waals surface area contributed by atoms with Crippen LogP contribution in [-0.2, 0) is 16.7 Å². The van der Waals surface area contributed by atoms with Gasteiger partial charge in [-0.15, -0.1) is 0 Å². The molecule has 0 aliphatic carbocycles. The average molecular weight is 196 g/mol. The van der Waals surface area contributed by atoms with Crippen LogP contribution >= 0.6 is 0 Å². The Labute approximate surface area is 79.8 Å². The third-order valence-electron chi connectivity index (χ3n) is 1.94. The summed E-state index contributed by atoms with van der Waals surface area (Å²) < 4.78 is 20.6. The average Bonchev–Trinajstić information content (AvgIpc) is 2.02. The summed E-state index contributed by atoms with van der Waals surface area (Å²) in [6.07, 6.45) is 0.488. The van der Waals surface area contributed by atoms with E-state index in [0.717, 1.165) is 11.1 Å². The molecule has 0 unspecified atom stereocenters. The highest BCUT2D eigenvalue weighted by Crippen LogP contribution is 2.09. The van der Waals surface area contributed by atoms with E-state index < -0.39 is 10.3 Å². The van der Waals surface area contributed by atoms with Crippen LogP contribution in [0.1, 0.15) is 16.7 Å². The van der Waals surface area contributed by atoms with Crippen molar-refractivity contribution >= 4 is 15.7 Å². The fourth-order valence-electron chi connectivity index (χ4n) is 1.23. The van der Waals surface area contributed by atoms with Gasteiger partial charge in [-0.2, -0.15) is 8.42 Å². The van der Waals surface area contributed by atoms with Crippen LogP contribution in [-0.4, -0.2) is 13.8 Å². The van der Waals surface area contributed by atoms with Crippen LogP contribution in [0, 0.1) is 13.8 Å². The van der Waals surface area contributed by atoms with Gasteiger partial charge < -0.3 is 0 Å². The summed E-state index contributed by atoms with van der Waals surface area (Å²) in [5, 5.41) is 1.28. The van der Waals surface area contributed by atoms with E-state index in [0.29, 0.717) is 6.42 Å². The first-order chi connectivity index (χ1) is 6.09. The molecule has 13 heavy (non-hydrogen) atoms. The quantitative estimate of drug-likeness (QED) is 0.672. The number of benzene rings is 1. The normalized spacial score (nSPS) is 9.69. The van der Waals surface area contributed by atoms with Gasteiger partial charge in [0.2, 0.25) is 10.3 Å². The summed E-state index contributed by atoms with van der Waals surface area (Å²) in [7, 11) is -2.05. The van der Waals surface area contributed by atoms with E-state index in [2.05, 4.69) is 6.07 Å². The van der Waals surface area contributed by atoms with Crippen molar-refractivity contribution in [3.05, 3.63) is 34.9 Å². The molecule has 2 nitrogen and oxygen atoms in total. The summed E-state index contributed by atoms with van der Waals surface area (Å²) in [5.74, 6) is 0. The molecular weight excluding hydrogens is 184 g/mol. The maximum atomic E-state index is 10.3. The van der Waals surface area contributed by atoms with Gasteiger partial charge >= 0.3 is 0 Å². The molecule has 0 saturated carbocycles. The zero-order valence-corrected chi connectivity index (χ0v) is 8.56. The van der Waals surface area contributed by atoms with Crippen LogP contribution in [0.25, 0.3) is 0 Å². The Morgan fingerprint density at radius 2 is 2.00 bits per heavy atom. The van der Waals surface area contributed by atoms with Crippen molar-refractivity contribution in [3.63, 3.8) is 0 Å². The monoisotopic (exact) mass is 196 g/mol. The van der Waals surface area contributed by atoms with E-state index in [1.807, 2.05) is 26.0 Å². The van der Waals surface area contributed by atoms with Gasteiger partial charge in [0.05, 0.1) is 0 Å². The van der Waals surface area contributed by atoms with Crippen molar-refractivity contribution in [2.75, 3.05) is 0 Å². The van der Waals surface area contributed by atoms with Gasteiger partial charge in [0.25, 0.3) is 0 Å². The van der Waals surface area contributed by atoms with Crippen LogP contribution < -0.4 is 0 Å². The van der Waals surface area contributed by atoms with Crippen molar-refractivity contribution in [2.45, 2.75) is 20.3 Å². The molecule has 0 bridgehead atoms. The van der Waals surface area contributed by atoms with Crippen molar-refractivity contribution in [1.29, 1.82) is 0 Å². The Balaban J connectivity index is 2.96. The second kappa shape index (κ2) is 4.23. The van der Waals surface area contributed by atoms with E-state index in [4.69, 9.17) is 0 Å². The first kappa shape index (κ1) is 9.99. The summed E-state index contributed by atoms with van der Waals surface area (Å²) in [6.45, 7) is 4.01. The van der Waals surface area contributed by atoms with Crippen molar-refractivity contribution in [3.8, 4) is 0 Å².